The van der Waals surface area contributed by atoms with Gasteiger partial charge in [-0.05, 0) is 23.2 Å². The van der Waals surface area contributed by atoms with E-state index in [1.165, 1.54) is 12.1 Å². The number of hydrogen-bond acceptors (Lipinski definition) is 4. The van der Waals surface area contributed by atoms with Gasteiger partial charge in [-0.15, -0.1) is 0 Å². The number of hydrogen-bond donors (Lipinski definition) is 2. The highest BCUT2D eigenvalue weighted by Gasteiger charge is 2.23. The average Bonchev–Trinajstić information content (AvgIpc) is 2.20. The van der Waals surface area contributed by atoms with E-state index in [4.69, 9.17) is 11.6 Å². The minimum atomic E-state index is -2.68. The molecule has 1 rings (SSSR count). The molecule has 1 aromatic rings. The number of rotatable bonds is 2. The number of benzene rings is 1. The first-order chi connectivity index (χ1) is 8.14. The molecule has 0 aliphatic carbocycles. The molecule has 100 valence electrons. The number of phenols is 1. The summed E-state index contributed by atoms with van der Waals surface area (Å²) in [5.41, 5.74) is -0.651. The van der Waals surface area contributed by atoms with E-state index in [0.29, 0.717) is 0 Å². The van der Waals surface area contributed by atoms with E-state index < -0.39 is 27.1 Å². The predicted molar refractivity (Wildman–Crippen MR) is 68.4 cm³/mol. The molecule has 0 heterocycles. The second-order valence-corrected chi connectivity index (χ2v) is 6.00. The largest absolute Gasteiger partial charge is 0.768 e. The SMILES string of the molecule is CC(C)(C)C(=O)Nc1ccc(Cl)c(S(=O)[O-])c1O. The summed E-state index contributed by atoms with van der Waals surface area (Å²) in [7, 11) is 0. The molecule has 2 N–H and O–H groups in total. The molecule has 1 unspecified atom stereocenters. The lowest BCUT2D eigenvalue weighted by Crippen LogP contribution is -2.27. The van der Waals surface area contributed by atoms with Crippen LogP contribution in [-0.4, -0.2) is 19.8 Å². The summed E-state index contributed by atoms with van der Waals surface area (Å²) >= 11 is 2.98. The Morgan fingerprint density at radius 2 is 2.00 bits per heavy atom. The molecule has 0 fully saturated rings. The third kappa shape index (κ3) is 3.22. The van der Waals surface area contributed by atoms with E-state index >= 15 is 0 Å². The van der Waals surface area contributed by atoms with Crippen molar-refractivity contribution in [3.63, 3.8) is 0 Å². The molecule has 1 amide bonds. The topological polar surface area (TPSA) is 89.5 Å². The number of anilines is 1. The van der Waals surface area contributed by atoms with Crippen LogP contribution in [-0.2, 0) is 15.9 Å². The number of halogens is 1. The molecule has 0 spiro atoms. The van der Waals surface area contributed by atoms with Crippen molar-refractivity contribution in [2.24, 2.45) is 5.41 Å². The quantitative estimate of drug-likeness (QED) is 0.646. The Balaban J connectivity index is 3.17. The van der Waals surface area contributed by atoms with Crippen LogP contribution in [0.3, 0.4) is 0 Å². The lowest BCUT2D eigenvalue weighted by atomic mass is 9.95. The Labute approximate surface area is 112 Å². The van der Waals surface area contributed by atoms with Gasteiger partial charge in [-0.1, -0.05) is 32.4 Å². The van der Waals surface area contributed by atoms with E-state index in [1.54, 1.807) is 20.8 Å². The summed E-state index contributed by atoms with van der Waals surface area (Å²) < 4.78 is 21.8. The van der Waals surface area contributed by atoms with Crippen molar-refractivity contribution >= 4 is 34.3 Å². The highest BCUT2D eigenvalue weighted by molar-refractivity contribution is 7.79. The molecule has 1 atom stereocenters. The number of amides is 1. The van der Waals surface area contributed by atoms with Crippen LogP contribution >= 0.6 is 11.6 Å². The molecule has 7 heteroatoms. The van der Waals surface area contributed by atoms with Gasteiger partial charge in [-0.25, -0.2) is 0 Å². The van der Waals surface area contributed by atoms with Gasteiger partial charge in [0.2, 0.25) is 5.91 Å². The lowest BCUT2D eigenvalue weighted by Gasteiger charge is -2.19. The summed E-state index contributed by atoms with van der Waals surface area (Å²) in [6.45, 7) is 5.09. The van der Waals surface area contributed by atoms with E-state index in [9.17, 15) is 18.7 Å². The van der Waals surface area contributed by atoms with Crippen LogP contribution in [0.2, 0.25) is 5.02 Å². The number of carbonyl (C=O) groups is 1. The normalized spacial score (nSPS) is 13.2. The van der Waals surface area contributed by atoms with Gasteiger partial charge >= 0.3 is 0 Å². The van der Waals surface area contributed by atoms with Crippen LogP contribution in [0.15, 0.2) is 17.0 Å². The highest BCUT2D eigenvalue weighted by atomic mass is 35.5. The Morgan fingerprint density at radius 3 is 2.44 bits per heavy atom. The van der Waals surface area contributed by atoms with E-state index in [-0.39, 0.29) is 16.6 Å². The molecule has 0 aliphatic heterocycles. The van der Waals surface area contributed by atoms with Crippen LogP contribution in [0.25, 0.3) is 0 Å². The summed E-state index contributed by atoms with van der Waals surface area (Å²) in [5, 5.41) is 12.1. The van der Waals surface area contributed by atoms with Gasteiger partial charge in [0.1, 0.15) is 0 Å². The monoisotopic (exact) mass is 290 g/mol. The molecule has 0 bridgehead atoms. The Kier molecular flexibility index (Phi) is 4.37. The molecule has 0 saturated heterocycles. The van der Waals surface area contributed by atoms with Crippen molar-refractivity contribution in [2.45, 2.75) is 25.7 Å². The number of carbonyl (C=O) groups excluding carboxylic acids is 1. The van der Waals surface area contributed by atoms with Crippen molar-refractivity contribution in [1.29, 1.82) is 0 Å². The predicted octanol–water partition coefficient (Wildman–Crippen LogP) is 2.27. The van der Waals surface area contributed by atoms with Crippen molar-refractivity contribution in [3.8, 4) is 5.75 Å². The first-order valence-electron chi connectivity index (χ1n) is 5.06. The smallest absolute Gasteiger partial charge is 0.229 e. The fourth-order valence-electron chi connectivity index (χ4n) is 1.12. The molecular formula is C11H13ClNO4S-. The lowest BCUT2D eigenvalue weighted by molar-refractivity contribution is -0.123. The van der Waals surface area contributed by atoms with Gasteiger partial charge in [-0.3, -0.25) is 9.00 Å². The second-order valence-electron chi connectivity index (χ2n) is 4.71. The second kappa shape index (κ2) is 5.26. The average molecular weight is 291 g/mol. The van der Waals surface area contributed by atoms with Crippen molar-refractivity contribution in [3.05, 3.63) is 17.2 Å². The third-order valence-electron chi connectivity index (χ3n) is 2.18. The maximum Gasteiger partial charge on any atom is 0.229 e. The molecule has 5 nitrogen and oxygen atoms in total. The highest BCUT2D eigenvalue weighted by Crippen LogP contribution is 2.35. The fourth-order valence-corrected chi connectivity index (χ4v) is 1.95. The molecule has 0 saturated carbocycles. The van der Waals surface area contributed by atoms with Gasteiger partial charge in [0.05, 0.1) is 15.6 Å². The minimum Gasteiger partial charge on any atom is -0.768 e. The van der Waals surface area contributed by atoms with Gasteiger partial charge in [0, 0.05) is 5.41 Å². The number of phenolic OH excluding ortho intramolecular Hbond substituents is 1. The molecule has 1 aromatic carbocycles. The zero-order valence-corrected chi connectivity index (χ0v) is 11.7. The van der Waals surface area contributed by atoms with E-state index in [2.05, 4.69) is 5.32 Å². The summed E-state index contributed by atoms with van der Waals surface area (Å²) in [5.74, 6) is -0.906. The molecular weight excluding hydrogens is 278 g/mol. The van der Waals surface area contributed by atoms with Gasteiger partial charge in [-0.2, -0.15) is 0 Å². The van der Waals surface area contributed by atoms with Crippen molar-refractivity contribution in [1.82, 2.24) is 0 Å². The van der Waals surface area contributed by atoms with Crippen LogP contribution < -0.4 is 5.32 Å². The van der Waals surface area contributed by atoms with Crippen LogP contribution in [0, 0.1) is 5.41 Å². The van der Waals surface area contributed by atoms with Crippen LogP contribution in [0.5, 0.6) is 5.75 Å². The minimum absolute atomic E-state index is 0.0125. The zero-order chi connectivity index (χ0) is 14.1. The van der Waals surface area contributed by atoms with E-state index in [0.717, 1.165) is 0 Å². The maximum atomic E-state index is 11.7. The molecule has 18 heavy (non-hydrogen) atoms. The Bertz CT molecular complexity index is 511. The van der Waals surface area contributed by atoms with Gasteiger partial charge < -0.3 is 15.0 Å². The van der Waals surface area contributed by atoms with Crippen molar-refractivity contribution < 1.29 is 18.7 Å². The molecule has 0 aromatic heterocycles. The van der Waals surface area contributed by atoms with Gasteiger partial charge in [0.15, 0.2) is 5.75 Å². The first-order valence-corrected chi connectivity index (χ1v) is 6.52. The number of aromatic hydroxyl groups is 1. The Hall–Kier alpha value is -1.11. The van der Waals surface area contributed by atoms with E-state index in [1.807, 2.05) is 0 Å². The van der Waals surface area contributed by atoms with Crippen LogP contribution in [0.4, 0.5) is 5.69 Å². The molecule has 0 radical (unpaired) electrons. The summed E-state index contributed by atoms with van der Waals surface area (Å²) in [6, 6.07) is 2.64. The first kappa shape index (κ1) is 14.9. The Morgan fingerprint density at radius 1 is 1.44 bits per heavy atom. The zero-order valence-electron chi connectivity index (χ0n) is 10.1. The third-order valence-corrected chi connectivity index (χ3v) is 3.35. The van der Waals surface area contributed by atoms with Crippen LogP contribution in [0.1, 0.15) is 20.8 Å². The maximum absolute atomic E-state index is 11.7. The fraction of sp³-hybridized carbons (Fsp3) is 0.364. The standard InChI is InChI=1S/C11H14ClNO4S/c1-11(2,3)10(15)13-7-5-4-6(12)9(8(7)14)18(16)17/h4-5,14H,1-3H3,(H,13,15)(H,16,17)/p-1. The number of nitrogens with one attached hydrogen (secondary N) is 1. The summed E-state index contributed by atoms with van der Waals surface area (Å²) in [6.07, 6.45) is 0. The molecule has 0 aliphatic rings. The van der Waals surface area contributed by atoms with Gasteiger partial charge in [0.25, 0.3) is 0 Å². The van der Waals surface area contributed by atoms with Crippen molar-refractivity contribution in [2.75, 3.05) is 5.32 Å². The summed E-state index contributed by atoms with van der Waals surface area (Å²) in [4.78, 5) is 11.3.